The van der Waals surface area contributed by atoms with Gasteiger partial charge in [-0.05, 0) is 0 Å². The minimum Gasteiger partial charge on any atom is -0.439 e. The molecule has 0 aliphatic rings. The fraction of sp³-hybridized carbons (Fsp3) is 0.0909. The molecule has 4 nitrogen and oxygen atoms in total. The lowest BCUT2D eigenvalue weighted by Gasteiger charge is -2.05. The van der Waals surface area contributed by atoms with Gasteiger partial charge < -0.3 is 10.1 Å². The second kappa shape index (κ2) is 4.73. The molecule has 0 spiro atoms. The highest BCUT2D eigenvalue weighted by Gasteiger charge is 2.04. The standard InChI is InChI=1S/C11H9F2N3O/c1-14-10-5-11(16-6-15-10)17-9-3-7(12)2-8(13)4-9/h2-6H,1H3,(H,14,15,16). The maximum atomic E-state index is 12.9. The summed E-state index contributed by atoms with van der Waals surface area (Å²) in [4.78, 5) is 7.71. The molecule has 2 rings (SSSR count). The van der Waals surface area contributed by atoms with Crippen LogP contribution in [0.2, 0.25) is 0 Å². The Hall–Kier alpha value is -2.24. The molecule has 2 aromatic rings. The summed E-state index contributed by atoms with van der Waals surface area (Å²) in [7, 11) is 1.69. The zero-order chi connectivity index (χ0) is 12.3. The number of ether oxygens (including phenoxy) is 1. The summed E-state index contributed by atoms with van der Waals surface area (Å²) in [6, 6.07) is 4.43. The number of benzene rings is 1. The van der Waals surface area contributed by atoms with Crippen molar-refractivity contribution in [2.45, 2.75) is 0 Å². The quantitative estimate of drug-likeness (QED) is 0.891. The van der Waals surface area contributed by atoms with Crippen molar-refractivity contribution >= 4 is 5.82 Å². The molecule has 0 radical (unpaired) electrons. The third kappa shape index (κ3) is 2.87. The number of halogens is 2. The monoisotopic (exact) mass is 237 g/mol. The van der Waals surface area contributed by atoms with Crippen LogP contribution in [0.3, 0.4) is 0 Å². The maximum absolute atomic E-state index is 12.9. The molecule has 17 heavy (non-hydrogen) atoms. The van der Waals surface area contributed by atoms with Gasteiger partial charge in [0.15, 0.2) is 0 Å². The highest BCUT2D eigenvalue weighted by atomic mass is 19.1. The molecular formula is C11H9F2N3O. The van der Waals surface area contributed by atoms with Crippen LogP contribution in [0.1, 0.15) is 0 Å². The van der Waals surface area contributed by atoms with Crippen LogP contribution < -0.4 is 10.1 Å². The molecule has 0 saturated heterocycles. The van der Waals surface area contributed by atoms with Crippen molar-refractivity contribution in [1.29, 1.82) is 0 Å². The molecule has 88 valence electrons. The highest BCUT2D eigenvalue weighted by molar-refractivity contribution is 5.38. The van der Waals surface area contributed by atoms with Gasteiger partial charge in [-0.3, -0.25) is 0 Å². The second-order valence-corrected chi connectivity index (χ2v) is 3.20. The van der Waals surface area contributed by atoms with Crippen molar-refractivity contribution in [1.82, 2.24) is 9.97 Å². The predicted molar refractivity (Wildman–Crippen MR) is 58.0 cm³/mol. The van der Waals surface area contributed by atoms with Crippen LogP contribution in [-0.4, -0.2) is 17.0 Å². The van der Waals surface area contributed by atoms with E-state index < -0.39 is 11.6 Å². The number of hydrogen-bond acceptors (Lipinski definition) is 4. The Morgan fingerprint density at radius 1 is 1.06 bits per heavy atom. The first kappa shape index (κ1) is 11.3. The summed E-state index contributed by atoms with van der Waals surface area (Å²) < 4.78 is 31.0. The van der Waals surface area contributed by atoms with E-state index in [0.29, 0.717) is 5.82 Å². The van der Waals surface area contributed by atoms with E-state index in [1.54, 1.807) is 7.05 Å². The van der Waals surface area contributed by atoms with Crippen LogP contribution in [0.4, 0.5) is 14.6 Å². The molecular weight excluding hydrogens is 228 g/mol. The lowest BCUT2D eigenvalue weighted by molar-refractivity contribution is 0.450. The number of rotatable bonds is 3. The van der Waals surface area contributed by atoms with E-state index in [2.05, 4.69) is 15.3 Å². The van der Waals surface area contributed by atoms with Crippen LogP contribution in [0.25, 0.3) is 0 Å². The number of anilines is 1. The minimum absolute atomic E-state index is 0.0447. The van der Waals surface area contributed by atoms with Gasteiger partial charge in [-0.25, -0.2) is 18.7 Å². The molecule has 1 N–H and O–H groups in total. The van der Waals surface area contributed by atoms with Gasteiger partial charge in [-0.2, -0.15) is 0 Å². The first-order chi connectivity index (χ1) is 8.17. The van der Waals surface area contributed by atoms with E-state index in [1.807, 2.05) is 0 Å². The largest absolute Gasteiger partial charge is 0.439 e. The van der Waals surface area contributed by atoms with Crippen LogP contribution in [0, 0.1) is 11.6 Å². The molecule has 0 atom stereocenters. The van der Waals surface area contributed by atoms with Gasteiger partial charge in [-0.15, -0.1) is 0 Å². The molecule has 1 aromatic carbocycles. The van der Waals surface area contributed by atoms with E-state index >= 15 is 0 Å². The van der Waals surface area contributed by atoms with E-state index in [4.69, 9.17) is 4.74 Å². The Labute approximate surface area is 96.3 Å². The molecule has 6 heteroatoms. The number of aromatic nitrogens is 2. The maximum Gasteiger partial charge on any atom is 0.224 e. The Morgan fingerprint density at radius 2 is 1.76 bits per heavy atom. The van der Waals surface area contributed by atoms with Gasteiger partial charge in [0.25, 0.3) is 0 Å². The molecule has 1 heterocycles. The Bertz CT molecular complexity index is 514. The smallest absolute Gasteiger partial charge is 0.224 e. The lowest BCUT2D eigenvalue weighted by atomic mass is 10.3. The Morgan fingerprint density at radius 3 is 2.41 bits per heavy atom. The first-order valence-corrected chi connectivity index (χ1v) is 4.81. The van der Waals surface area contributed by atoms with Crippen LogP contribution >= 0.6 is 0 Å². The Kier molecular flexibility index (Phi) is 3.13. The zero-order valence-corrected chi connectivity index (χ0v) is 8.95. The SMILES string of the molecule is CNc1cc(Oc2cc(F)cc(F)c2)ncn1. The van der Waals surface area contributed by atoms with Gasteiger partial charge in [0.05, 0.1) is 0 Å². The van der Waals surface area contributed by atoms with E-state index in [0.717, 1.165) is 18.2 Å². The van der Waals surface area contributed by atoms with Crippen molar-refractivity contribution in [3.05, 3.63) is 42.2 Å². The normalized spacial score (nSPS) is 10.1. The Balaban J connectivity index is 2.24. The molecule has 0 saturated carbocycles. The minimum atomic E-state index is -0.706. The lowest BCUT2D eigenvalue weighted by Crippen LogP contribution is -1.95. The molecule has 0 bridgehead atoms. The average Bonchev–Trinajstić information content (AvgIpc) is 2.28. The van der Waals surface area contributed by atoms with Crippen molar-refractivity contribution < 1.29 is 13.5 Å². The van der Waals surface area contributed by atoms with E-state index in [9.17, 15) is 8.78 Å². The van der Waals surface area contributed by atoms with Crippen molar-refractivity contribution in [2.24, 2.45) is 0 Å². The molecule has 1 aromatic heterocycles. The van der Waals surface area contributed by atoms with Gasteiger partial charge in [0, 0.05) is 31.3 Å². The highest BCUT2D eigenvalue weighted by Crippen LogP contribution is 2.22. The zero-order valence-electron chi connectivity index (χ0n) is 8.95. The summed E-state index contributed by atoms with van der Waals surface area (Å²) in [5, 5.41) is 2.80. The average molecular weight is 237 g/mol. The summed E-state index contributed by atoms with van der Waals surface area (Å²) in [5.41, 5.74) is 0. The van der Waals surface area contributed by atoms with Crippen LogP contribution in [0.5, 0.6) is 11.6 Å². The molecule has 0 aliphatic carbocycles. The van der Waals surface area contributed by atoms with Gasteiger partial charge in [-0.1, -0.05) is 0 Å². The predicted octanol–water partition coefficient (Wildman–Crippen LogP) is 2.59. The van der Waals surface area contributed by atoms with Gasteiger partial charge >= 0.3 is 0 Å². The van der Waals surface area contributed by atoms with Crippen molar-refractivity contribution in [3.8, 4) is 11.6 Å². The van der Waals surface area contributed by atoms with E-state index in [1.165, 1.54) is 12.4 Å². The molecule has 0 unspecified atom stereocenters. The summed E-state index contributed by atoms with van der Waals surface area (Å²) in [5.74, 6) is -0.615. The summed E-state index contributed by atoms with van der Waals surface area (Å²) >= 11 is 0. The molecule has 0 amide bonds. The molecule has 0 fully saturated rings. The van der Waals surface area contributed by atoms with Crippen LogP contribution in [-0.2, 0) is 0 Å². The summed E-state index contributed by atoms with van der Waals surface area (Å²) in [6.07, 6.45) is 1.29. The fourth-order valence-corrected chi connectivity index (χ4v) is 1.24. The summed E-state index contributed by atoms with van der Waals surface area (Å²) in [6.45, 7) is 0. The number of hydrogen-bond donors (Lipinski definition) is 1. The third-order valence-corrected chi connectivity index (χ3v) is 1.96. The van der Waals surface area contributed by atoms with Crippen molar-refractivity contribution in [3.63, 3.8) is 0 Å². The fourth-order valence-electron chi connectivity index (χ4n) is 1.24. The number of nitrogens with zero attached hydrogens (tertiary/aromatic N) is 2. The third-order valence-electron chi connectivity index (χ3n) is 1.96. The second-order valence-electron chi connectivity index (χ2n) is 3.20. The van der Waals surface area contributed by atoms with Gasteiger partial charge in [0.1, 0.15) is 29.5 Å². The van der Waals surface area contributed by atoms with Gasteiger partial charge in [0.2, 0.25) is 5.88 Å². The first-order valence-electron chi connectivity index (χ1n) is 4.81. The van der Waals surface area contributed by atoms with E-state index in [-0.39, 0.29) is 11.6 Å². The van der Waals surface area contributed by atoms with Crippen molar-refractivity contribution in [2.75, 3.05) is 12.4 Å². The molecule has 0 aliphatic heterocycles. The topological polar surface area (TPSA) is 47.0 Å². The number of nitrogens with one attached hydrogen (secondary N) is 1. The van der Waals surface area contributed by atoms with Crippen LogP contribution in [0.15, 0.2) is 30.6 Å².